The minimum absolute atomic E-state index is 0.412. The first-order chi connectivity index (χ1) is 10.4. The molecule has 2 unspecified atom stereocenters. The highest BCUT2D eigenvalue weighted by molar-refractivity contribution is 7.17. The van der Waals surface area contributed by atoms with E-state index < -0.39 is 0 Å². The molecule has 114 valence electrons. The summed E-state index contributed by atoms with van der Waals surface area (Å²) in [6, 6.07) is 9.32. The van der Waals surface area contributed by atoms with Crippen molar-refractivity contribution in [1.29, 1.82) is 0 Å². The van der Waals surface area contributed by atoms with Crippen LogP contribution in [-0.2, 0) is 4.74 Å². The van der Waals surface area contributed by atoms with Crippen LogP contribution in [0.2, 0.25) is 0 Å². The van der Waals surface area contributed by atoms with E-state index in [1.165, 1.54) is 41.3 Å². The predicted molar refractivity (Wildman–Crippen MR) is 91.1 cm³/mol. The van der Waals surface area contributed by atoms with Crippen molar-refractivity contribution in [2.75, 3.05) is 13.2 Å². The summed E-state index contributed by atoms with van der Waals surface area (Å²) in [6.07, 6.45) is 6.44. The highest BCUT2D eigenvalue weighted by Crippen LogP contribution is 2.32. The molecule has 2 heterocycles. The van der Waals surface area contributed by atoms with Gasteiger partial charge in [0.05, 0.1) is 6.10 Å². The van der Waals surface area contributed by atoms with Crippen LogP contribution >= 0.6 is 11.3 Å². The van der Waals surface area contributed by atoms with Crippen molar-refractivity contribution in [3.05, 3.63) is 35.2 Å². The number of hydrogen-bond donors (Lipinski definition) is 1. The van der Waals surface area contributed by atoms with Crippen molar-refractivity contribution in [2.24, 2.45) is 0 Å². The van der Waals surface area contributed by atoms with E-state index in [0.717, 1.165) is 19.6 Å². The van der Waals surface area contributed by atoms with E-state index in [1.807, 2.05) is 11.3 Å². The first kappa shape index (κ1) is 15.0. The van der Waals surface area contributed by atoms with Gasteiger partial charge in [0, 0.05) is 17.3 Å². The molecule has 0 spiro atoms. The van der Waals surface area contributed by atoms with Crippen molar-refractivity contribution in [3.63, 3.8) is 0 Å². The van der Waals surface area contributed by atoms with E-state index in [9.17, 15) is 0 Å². The quantitative estimate of drug-likeness (QED) is 0.819. The average molecular weight is 303 g/mol. The molecule has 1 aromatic carbocycles. The van der Waals surface area contributed by atoms with Gasteiger partial charge < -0.3 is 10.1 Å². The number of hydrogen-bond acceptors (Lipinski definition) is 3. The zero-order chi connectivity index (χ0) is 14.5. The van der Waals surface area contributed by atoms with Gasteiger partial charge in [-0.3, -0.25) is 0 Å². The maximum absolute atomic E-state index is 5.97. The summed E-state index contributed by atoms with van der Waals surface area (Å²) < 4.78 is 7.40. The Balaban J connectivity index is 1.81. The molecular weight excluding hydrogens is 278 g/mol. The molecule has 2 aromatic rings. The monoisotopic (exact) mass is 303 g/mol. The highest BCUT2D eigenvalue weighted by atomic mass is 32.1. The van der Waals surface area contributed by atoms with Crippen molar-refractivity contribution < 1.29 is 4.74 Å². The summed E-state index contributed by atoms with van der Waals surface area (Å²) in [5.41, 5.74) is 1.45. The molecule has 1 aromatic heterocycles. The summed E-state index contributed by atoms with van der Waals surface area (Å²) in [7, 11) is 0. The van der Waals surface area contributed by atoms with Crippen molar-refractivity contribution in [1.82, 2.24) is 5.32 Å². The molecule has 2 atom stereocenters. The first-order valence-corrected chi connectivity index (χ1v) is 9.07. The van der Waals surface area contributed by atoms with Crippen LogP contribution in [0.15, 0.2) is 29.6 Å². The number of rotatable bonds is 6. The molecule has 0 aliphatic carbocycles. The highest BCUT2D eigenvalue weighted by Gasteiger charge is 2.22. The Morgan fingerprint density at radius 3 is 3.10 bits per heavy atom. The summed E-state index contributed by atoms with van der Waals surface area (Å²) in [5.74, 6) is 0. The topological polar surface area (TPSA) is 21.3 Å². The van der Waals surface area contributed by atoms with E-state index in [-0.39, 0.29) is 0 Å². The Kier molecular flexibility index (Phi) is 5.28. The van der Waals surface area contributed by atoms with Crippen LogP contribution in [0.1, 0.15) is 50.6 Å². The predicted octanol–water partition coefficient (Wildman–Crippen LogP) is 4.90. The Morgan fingerprint density at radius 2 is 2.29 bits per heavy atom. The average Bonchev–Trinajstić information content (AvgIpc) is 3.01. The van der Waals surface area contributed by atoms with Gasteiger partial charge in [0.1, 0.15) is 0 Å². The van der Waals surface area contributed by atoms with Gasteiger partial charge in [-0.05, 0) is 61.0 Å². The van der Waals surface area contributed by atoms with Gasteiger partial charge in [0.25, 0.3) is 0 Å². The molecule has 3 heteroatoms. The number of benzene rings is 1. The first-order valence-electron chi connectivity index (χ1n) is 8.19. The number of ether oxygens (including phenoxy) is 1. The third-order valence-corrected chi connectivity index (χ3v) is 5.28. The van der Waals surface area contributed by atoms with Crippen molar-refractivity contribution in [2.45, 2.75) is 51.2 Å². The standard InChI is InChI=1S/C18H25NOS/c1-2-10-19-17(13-15-7-3-4-11-20-15)16-8-5-6-14-9-12-21-18(14)16/h5-6,8-9,12,15,17,19H,2-4,7,10-11,13H2,1H3. The zero-order valence-electron chi connectivity index (χ0n) is 12.8. The third kappa shape index (κ3) is 3.65. The lowest BCUT2D eigenvalue weighted by molar-refractivity contribution is 0.00514. The maximum Gasteiger partial charge on any atom is 0.0593 e. The Hall–Kier alpha value is -0.900. The summed E-state index contributed by atoms with van der Waals surface area (Å²) in [4.78, 5) is 0. The van der Waals surface area contributed by atoms with E-state index in [1.54, 1.807) is 0 Å². The van der Waals surface area contributed by atoms with E-state index in [4.69, 9.17) is 4.74 Å². The molecular formula is C18H25NOS. The third-order valence-electron chi connectivity index (χ3n) is 4.30. The summed E-state index contributed by atoms with van der Waals surface area (Å²) in [5, 5.41) is 7.30. The van der Waals surface area contributed by atoms with Crippen molar-refractivity contribution in [3.8, 4) is 0 Å². The fraction of sp³-hybridized carbons (Fsp3) is 0.556. The van der Waals surface area contributed by atoms with E-state index in [0.29, 0.717) is 12.1 Å². The smallest absolute Gasteiger partial charge is 0.0593 e. The molecule has 2 nitrogen and oxygen atoms in total. The van der Waals surface area contributed by atoms with Crippen molar-refractivity contribution >= 4 is 21.4 Å². The molecule has 1 aliphatic rings. The number of fused-ring (bicyclic) bond motifs is 1. The molecule has 1 fully saturated rings. The Labute approximate surface area is 131 Å². The molecule has 0 saturated carbocycles. The Bertz CT molecular complexity index is 559. The van der Waals surface area contributed by atoms with Crippen LogP contribution in [0.4, 0.5) is 0 Å². The minimum atomic E-state index is 0.412. The van der Waals surface area contributed by atoms with Gasteiger partial charge in [0.2, 0.25) is 0 Å². The second-order valence-corrected chi connectivity index (χ2v) is 6.83. The minimum Gasteiger partial charge on any atom is -0.378 e. The second-order valence-electron chi connectivity index (χ2n) is 5.92. The fourth-order valence-electron chi connectivity index (χ4n) is 3.19. The second kappa shape index (κ2) is 7.39. The zero-order valence-corrected chi connectivity index (χ0v) is 13.6. The molecule has 0 amide bonds. The van der Waals surface area contributed by atoms with Gasteiger partial charge in [-0.2, -0.15) is 0 Å². The lowest BCUT2D eigenvalue weighted by Gasteiger charge is -2.28. The van der Waals surface area contributed by atoms with Crippen LogP contribution in [0.3, 0.4) is 0 Å². The van der Waals surface area contributed by atoms with Gasteiger partial charge in [-0.15, -0.1) is 11.3 Å². The molecule has 1 N–H and O–H groups in total. The lowest BCUT2D eigenvalue weighted by Crippen LogP contribution is -2.29. The van der Waals surface area contributed by atoms with Crippen LogP contribution in [-0.4, -0.2) is 19.3 Å². The molecule has 21 heavy (non-hydrogen) atoms. The number of thiophene rings is 1. The van der Waals surface area contributed by atoms with Gasteiger partial charge in [0.15, 0.2) is 0 Å². The molecule has 0 bridgehead atoms. The molecule has 1 aliphatic heterocycles. The molecule has 0 radical (unpaired) electrons. The molecule has 1 saturated heterocycles. The van der Waals surface area contributed by atoms with Gasteiger partial charge >= 0.3 is 0 Å². The van der Waals surface area contributed by atoms with E-state index in [2.05, 4.69) is 41.9 Å². The summed E-state index contributed by atoms with van der Waals surface area (Å²) in [6.45, 7) is 4.24. The van der Waals surface area contributed by atoms with E-state index >= 15 is 0 Å². The normalized spacial score (nSPS) is 20.7. The largest absolute Gasteiger partial charge is 0.378 e. The summed E-state index contributed by atoms with van der Waals surface area (Å²) >= 11 is 1.86. The van der Waals surface area contributed by atoms with Crippen LogP contribution in [0, 0.1) is 0 Å². The lowest BCUT2D eigenvalue weighted by atomic mass is 9.96. The van der Waals surface area contributed by atoms with Crippen LogP contribution < -0.4 is 5.32 Å². The van der Waals surface area contributed by atoms with Crippen LogP contribution in [0.25, 0.3) is 10.1 Å². The van der Waals surface area contributed by atoms with Gasteiger partial charge in [-0.25, -0.2) is 0 Å². The fourth-order valence-corrected chi connectivity index (χ4v) is 4.15. The molecule has 3 rings (SSSR count). The SMILES string of the molecule is CCCNC(CC1CCCCO1)c1cccc2ccsc12. The number of nitrogens with one attached hydrogen (secondary N) is 1. The van der Waals surface area contributed by atoms with Gasteiger partial charge in [-0.1, -0.05) is 25.1 Å². The maximum atomic E-state index is 5.97. The Morgan fingerprint density at radius 1 is 1.33 bits per heavy atom. The van der Waals surface area contributed by atoms with Crippen LogP contribution in [0.5, 0.6) is 0 Å².